The van der Waals surface area contributed by atoms with Crippen molar-refractivity contribution < 1.29 is 18.7 Å². The maximum absolute atomic E-state index is 13.9. The summed E-state index contributed by atoms with van der Waals surface area (Å²) < 4.78 is 27.7. The van der Waals surface area contributed by atoms with E-state index in [1.165, 1.54) is 32.0 Å². The van der Waals surface area contributed by atoms with Crippen LogP contribution in [0.2, 0.25) is 0 Å². The quantitative estimate of drug-likeness (QED) is 0.892. The first kappa shape index (κ1) is 13.0. The third-order valence-electron chi connectivity index (χ3n) is 3.57. The van der Waals surface area contributed by atoms with Gasteiger partial charge in [-0.2, -0.15) is 0 Å². The standard InChI is InChI=1S/C14H16F2O2/c1-13(2,16)9-3-4-11(15)10(7-9)14(5-6-14)8-12(17)18/h3-4,7H,5-6,8H2,1-2H3,(H,17,18). The number of halogens is 2. The number of aliphatic carboxylic acids is 1. The van der Waals surface area contributed by atoms with Crippen LogP contribution in [-0.2, 0) is 15.9 Å². The largest absolute Gasteiger partial charge is 0.481 e. The van der Waals surface area contributed by atoms with Gasteiger partial charge in [-0.1, -0.05) is 6.07 Å². The molecule has 0 saturated heterocycles. The van der Waals surface area contributed by atoms with E-state index < -0.39 is 22.9 Å². The lowest BCUT2D eigenvalue weighted by atomic mass is 9.88. The predicted molar refractivity (Wildman–Crippen MR) is 63.7 cm³/mol. The molecule has 1 N–H and O–H groups in total. The lowest BCUT2D eigenvalue weighted by Gasteiger charge is -2.20. The molecule has 1 aliphatic carbocycles. The summed E-state index contributed by atoms with van der Waals surface area (Å²) in [5.41, 5.74) is -1.46. The molecule has 0 spiro atoms. The Kier molecular flexibility index (Phi) is 2.92. The third kappa shape index (κ3) is 2.37. The predicted octanol–water partition coefficient (Wildman–Crippen LogP) is 3.54. The zero-order valence-corrected chi connectivity index (χ0v) is 10.5. The SMILES string of the molecule is CC(C)(F)c1ccc(F)c(C2(CC(=O)O)CC2)c1. The monoisotopic (exact) mass is 254 g/mol. The normalized spacial score (nSPS) is 17.6. The van der Waals surface area contributed by atoms with E-state index in [0.717, 1.165) is 0 Å². The second-order valence-electron chi connectivity index (χ2n) is 5.52. The minimum Gasteiger partial charge on any atom is -0.481 e. The van der Waals surface area contributed by atoms with Crippen LogP contribution in [0.3, 0.4) is 0 Å². The van der Waals surface area contributed by atoms with E-state index in [1.54, 1.807) is 0 Å². The molecule has 0 aromatic heterocycles. The Hall–Kier alpha value is -1.45. The van der Waals surface area contributed by atoms with Crippen molar-refractivity contribution in [2.24, 2.45) is 0 Å². The number of carbonyl (C=O) groups is 1. The molecule has 18 heavy (non-hydrogen) atoms. The van der Waals surface area contributed by atoms with Crippen LogP contribution in [0.25, 0.3) is 0 Å². The highest BCUT2D eigenvalue weighted by Gasteiger charge is 2.48. The Morgan fingerprint density at radius 1 is 1.44 bits per heavy atom. The van der Waals surface area contributed by atoms with Gasteiger partial charge in [-0.15, -0.1) is 0 Å². The highest BCUT2D eigenvalue weighted by molar-refractivity contribution is 5.70. The van der Waals surface area contributed by atoms with Crippen LogP contribution < -0.4 is 0 Å². The fraction of sp³-hybridized carbons (Fsp3) is 0.500. The molecule has 2 rings (SSSR count). The fourth-order valence-electron chi connectivity index (χ4n) is 2.28. The van der Waals surface area contributed by atoms with Gasteiger partial charge in [0.2, 0.25) is 0 Å². The minimum absolute atomic E-state index is 0.0971. The highest BCUT2D eigenvalue weighted by Crippen LogP contribution is 2.52. The number of hydrogen-bond acceptors (Lipinski definition) is 1. The highest BCUT2D eigenvalue weighted by atomic mass is 19.1. The van der Waals surface area contributed by atoms with E-state index in [2.05, 4.69) is 0 Å². The van der Waals surface area contributed by atoms with Crippen LogP contribution in [0, 0.1) is 5.82 Å². The Morgan fingerprint density at radius 2 is 2.06 bits per heavy atom. The molecule has 0 radical (unpaired) electrons. The number of carboxylic acid groups (broad SMARTS) is 1. The molecule has 0 bridgehead atoms. The van der Waals surface area contributed by atoms with Crippen molar-refractivity contribution >= 4 is 5.97 Å². The first-order valence-electron chi connectivity index (χ1n) is 5.96. The molecule has 0 amide bonds. The Labute approximate surface area is 105 Å². The van der Waals surface area contributed by atoms with Crippen LogP contribution in [0.4, 0.5) is 8.78 Å². The number of rotatable bonds is 4. The van der Waals surface area contributed by atoms with Gasteiger partial charge in [-0.25, -0.2) is 8.78 Å². The molecule has 0 atom stereocenters. The summed E-state index contributed by atoms with van der Waals surface area (Å²) >= 11 is 0. The van der Waals surface area contributed by atoms with Gasteiger partial charge in [0.1, 0.15) is 11.5 Å². The molecule has 0 aliphatic heterocycles. The average molecular weight is 254 g/mol. The zero-order chi connectivity index (χ0) is 13.6. The molecular weight excluding hydrogens is 238 g/mol. The molecule has 2 nitrogen and oxygen atoms in total. The summed E-state index contributed by atoms with van der Waals surface area (Å²) in [7, 11) is 0. The molecule has 1 saturated carbocycles. The molecule has 0 heterocycles. The van der Waals surface area contributed by atoms with Gasteiger partial charge in [-0.3, -0.25) is 4.79 Å². The molecular formula is C14H16F2O2. The lowest BCUT2D eigenvalue weighted by molar-refractivity contribution is -0.137. The number of carboxylic acids is 1. The molecule has 1 aromatic rings. The van der Waals surface area contributed by atoms with Crippen LogP contribution in [0.15, 0.2) is 18.2 Å². The van der Waals surface area contributed by atoms with Gasteiger partial charge in [0.15, 0.2) is 0 Å². The first-order chi connectivity index (χ1) is 8.24. The Balaban J connectivity index is 2.42. The zero-order valence-electron chi connectivity index (χ0n) is 10.5. The van der Waals surface area contributed by atoms with E-state index in [-0.39, 0.29) is 6.42 Å². The first-order valence-corrected chi connectivity index (χ1v) is 5.96. The smallest absolute Gasteiger partial charge is 0.304 e. The third-order valence-corrected chi connectivity index (χ3v) is 3.57. The van der Waals surface area contributed by atoms with Crippen molar-refractivity contribution in [2.45, 2.75) is 44.2 Å². The minimum atomic E-state index is -1.55. The van der Waals surface area contributed by atoms with Crippen molar-refractivity contribution in [1.29, 1.82) is 0 Å². The van der Waals surface area contributed by atoms with Gasteiger partial charge in [0.25, 0.3) is 0 Å². The second-order valence-corrected chi connectivity index (χ2v) is 5.52. The average Bonchev–Trinajstić information content (AvgIpc) is 2.96. The van der Waals surface area contributed by atoms with Gasteiger partial charge in [-0.05, 0) is 49.9 Å². The maximum Gasteiger partial charge on any atom is 0.304 e. The second kappa shape index (κ2) is 4.04. The van der Waals surface area contributed by atoms with Gasteiger partial charge < -0.3 is 5.11 Å². The van der Waals surface area contributed by atoms with Crippen LogP contribution in [0.5, 0.6) is 0 Å². The number of alkyl halides is 1. The van der Waals surface area contributed by atoms with Gasteiger partial charge in [0, 0.05) is 5.41 Å². The molecule has 1 aromatic carbocycles. The molecule has 98 valence electrons. The maximum atomic E-state index is 13.9. The lowest BCUT2D eigenvalue weighted by Crippen LogP contribution is -2.17. The van der Waals surface area contributed by atoms with E-state index in [4.69, 9.17) is 5.11 Å². The van der Waals surface area contributed by atoms with E-state index in [9.17, 15) is 13.6 Å². The van der Waals surface area contributed by atoms with E-state index in [0.29, 0.717) is 24.0 Å². The summed E-state index contributed by atoms with van der Waals surface area (Å²) in [6.07, 6.45) is 1.19. The van der Waals surface area contributed by atoms with Crippen molar-refractivity contribution in [3.05, 3.63) is 35.1 Å². The molecule has 1 aliphatic rings. The Morgan fingerprint density at radius 3 is 2.50 bits per heavy atom. The summed E-state index contributed by atoms with van der Waals surface area (Å²) in [4.78, 5) is 10.8. The van der Waals surface area contributed by atoms with Crippen LogP contribution in [-0.4, -0.2) is 11.1 Å². The fourth-order valence-corrected chi connectivity index (χ4v) is 2.28. The van der Waals surface area contributed by atoms with Crippen LogP contribution in [0.1, 0.15) is 44.2 Å². The van der Waals surface area contributed by atoms with Gasteiger partial charge >= 0.3 is 5.97 Å². The summed E-state index contributed by atoms with van der Waals surface area (Å²) in [6, 6.07) is 4.12. The summed E-state index contributed by atoms with van der Waals surface area (Å²) in [5, 5.41) is 8.87. The molecule has 1 fully saturated rings. The summed E-state index contributed by atoms with van der Waals surface area (Å²) in [5.74, 6) is -1.39. The van der Waals surface area contributed by atoms with Crippen molar-refractivity contribution in [3.63, 3.8) is 0 Å². The number of hydrogen-bond donors (Lipinski definition) is 1. The van der Waals surface area contributed by atoms with Gasteiger partial charge in [0.05, 0.1) is 6.42 Å². The van der Waals surface area contributed by atoms with Crippen molar-refractivity contribution in [2.75, 3.05) is 0 Å². The molecule has 0 unspecified atom stereocenters. The Bertz CT molecular complexity index is 485. The van der Waals surface area contributed by atoms with Crippen LogP contribution >= 0.6 is 0 Å². The van der Waals surface area contributed by atoms with Crippen molar-refractivity contribution in [1.82, 2.24) is 0 Å². The topological polar surface area (TPSA) is 37.3 Å². The number of benzene rings is 1. The van der Waals surface area contributed by atoms with Crippen molar-refractivity contribution in [3.8, 4) is 0 Å². The van der Waals surface area contributed by atoms with E-state index in [1.807, 2.05) is 0 Å². The summed E-state index contributed by atoms with van der Waals surface area (Å²) in [6.45, 7) is 2.81. The van der Waals surface area contributed by atoms with E-state index >= 15 is 0 Å². The molecule has 4 heteroatoms.